The molecule has 0 unspecified atom stereocenters. The van der Waals surface area contributed by atoms with Crippen LogP contribution >= 0.6 is 0 Å². The van der Waals surface area contributed by atoms with Crippen molar-refractivity contribution >= 4 is 5.97 Å². The first-order valence-corrected chi connectivity index (χ1v) is 3.86. The first-order valence-electron chi connectivity index (χ1n) is 3.86. The third kappa shape index (κ3) is 2.06. The summed E-state index contributed by atoms with van der Waals surface area (Å²) in [5, 5.41) is 11.6. The summed E-state index contributed by atoms with van der Waals surface area (Å²) >= 11 is 0. The fourth-order valence-electron chi connectivity index (χ4n) is 1.19. The number of aliphatic carboxylic acids is 1. The van der Waals surface area contributed by atoms with Crippen molar-refractivity contribution in [2.24, 2.45) is 0 Å². The maximum Gasteiger partial charge on any atom is 0.306 e. The van der Waals surface area contributed by atoms with Crippen molar-refractivity contribution < 1.29 is 14.6 Å². The van der Waals surface area contributed by atoms with Crippen molar-refractivity contribution in [3.63, 3.8) is 0 Å². The van der Waals surface area contributed by atoms with Crippen LogP contribution in [0.4, 0.5) is 0 Å². The van der Waals surface area contributed by atoms with Crippen LogP contribution in [0.1, 0.15) is 6.42 Å². The van der Waals surface area contributed by atoms with E-state index in [1.807, 2.05) is 0 Å². The Morgan fingerprint density at radius 2 is 2.42 bits per heavy atom. The molecule has 12 heavy (non-hydrogen) atoms. The molecule has 4 heteroatoms. The van der Waals surface area contributed by atoms with Gasteiger partial charge in [-0.3, -0.25) is 4.79 Å². The molecule has 4 nitrogen and oxygen atoms in total. The molecule has 0 aromatic carbocycles. The Balaban J connectivity index is 2.39. The Kier molecular flexibility index (Phi) is 2.83. The summed E-state index contributed by atoms with van der Waals surface area (Å²) in [6.45, 7) is 5.16. The fourth-order valence-corrected chi connectivity index (χ4v) is 1.19. The molecule has 0 atom stereocenters. The van der Waals surface area contributed by atoms with E-state index in [0.717, 1.165) is 0 Å². The molecular weight excluding hydrogens is 158 g/mol. The average molecular weight is 171 g/mol. The molecule has 0 aromatic heterocycles. The van der Waals surface area contributed by atoms with Crippen molar-refractivity contribution in [3.8, 4) is 0 Å². The van der Waals surface area contributed by atoms with Gasteiger partial charge in [0.25, 0.3) is 0 Å². The molecule has 2 N–H and O–H groups in total. The number of carbonyl (C=O) groups is 1. The lowest BCUT2D eigenvalue weighted by molar-refractivity contribution is -0.148. The molecule has 1 aliphatic rings. The molecule has 0 radical (unpaired) electrons. The Bertz CT molecular complexity index is 187. The van der Waals surface area contributed by atoms with E-state index in [1.54, 1.807) is 6.08 Å². The third-order valence-corrected chi connectivity index (χ3v) is 1.88. The molecule has 1 fully saturated rings. The number of carboxylic acids is 1. The van der Waals surface area contributed by atoms with E-state index in [2.05, 4.69) is 11.9 Å². The van der Waals surface area contributed by atoms with Gasteiger partial charge in [0.05, 0.1) is 13.0 Å². The van der Waals surface area contributed by atoms with Crippen molar-refractivity contribution in [1.82, 2.24) is 5.32 Å². The van der Waals surface area contributed by atoms with E-state index < -0.39 is 11.6 Å². The van der Waals surface area contributed by atoms with Crippen LogP contribution in [-0.4, -0.2) is 36.4 Å². The van der Waals surface area contributed by atoms with Gasteiger partial charge < -0.3 is 15.2 Å². The van der Waals surface area contributed by atoms with Gasteiger partial charge in [0.2, 0.25) is 0 Å². The Morgan fingerprint density at radius 3 is 2.75 bits per heavy atom. The SMILES string of the molecule is C=CCOC1(CC(=O)O)CNC1. The summed E-state index contributed by atoms with van der Waals surface area (Å²) in [5.74, 6) is -0.819. The van der Waals surface area contributed by atoms with E-state index in [1.165, 1.54) is 0 Å². The van der Waals surface area contributed by atoms with Crippen LogP contribution in [0.5, 0.6) is 0 Å². The first kappa shape index (κ1) is 9.22. The second-order valence-corrected chi connectivity index (χ2v) is 2.96. The number of nitrogens with one attached hydrogen (secondary N) is 1. The maximum absolute atomic E-state index is 10.4. The van der Waals surface area contributed by atoms with Gasteiger partial charge in [-0.15, -0.1) is 6.58 Å². The zero-order valence-corrected chi connectivity index (χ0v) is 6.88. The highest BCUT2D eigenvalue weighted by Crippen LogP contribution is 2.20. The summed E-state index contributed by atoms with van der Waals surface area (Å²) < 4.78 is 5.36. The van der Waals surface area contributed by atoms with Crippen LogP contribution in [0, 0.1) is 0 Å². The minimum Gasteiger partial charge on any atom is -0.481 e. The predicted octanol–water partition coefficient (Wildman–Crippen LogP) is 0.00570. The average Bonchev–Trinajstić information content (AvgIpc) is 1.94. The molecule has 0 aromatic rings. The van der Waals surface area contributed by atoms with Gasteiger partial charge in [0, 0.05) is 13.1 Å². The van der Waals surface area contributed by atoms with Gasteiger partial charge in [0.1, 0.15) is 5.60 Å². The van der Waals surface area contributed by atoms with Crippen LogP contribution in [0.2, 0.25) is 0 Å². The van der Waals surface area contributed by atoms with E-state index >= 15 is 0 Å². The number of ether oxygens (including phenoxy) is 1. The lowest BCUT2D eigenvalue weighted by Gasteiger charge is -2.40. The summed E-state index contributed by atoms with van der Waals surface area (Å²) in [4.78, 5) is 10.4. The molecule has 68 valence electrons. The molecular formula is C8H13NO3. The van der Waals surface area contributed by atoms with Gasteiger partial charge in [-0.2, -0.15) is 0 Å². The van der Waals surface area contributed by atoms with Crippen molar-refractivity contribution in [3.05, 3.63) is 12.7 Å². The minimum absolute atomic E-state index is 0.0633. The Hall–Kier alpha value is -0.870. The van der Waals surface area contributed by atoms with Gasteiger partial charge in [-0.1, -0.05) is 6.08 Å². The van der Waals surface area contributed by atoms with E-state index in [4.69, 9.17) is 9.84 Å². The fraction of sp³-hybridized carbons (Fsp3) is 0.625. The molecule has 0 bridgehead atoms. The first-order chi connectivity index (χ1) is 5.68. The summed E-state index contributed by atoms with van der Waals surface area (Å²) in [7, 11) is 0. The second-order valence-electron chi connectivity index (χ2n) is 2.96. The lowest BCUT2D eigenvalue weighted by atomic mass is 9.93. The van der Waals surface area contributed by atoms with Gasteiger partial charge >= 0.3 is 5.97 Å². The molecule has 1 heterocycles. The van der Waals surface area contributed by atoms with Gasteiger partial charge in [-0.25, -0.2) is 0 Å². The Morgan fingerprint density at radius 1 is 1.75 bits per heavy atom. The van der Waals surface area contributed by atoms with Crippen LogP contribution in [0.3, 0.4) is 0 Å². The number of hydrogen-bond acceptors (Lipinski definition) is 3. The summed E-state index contributed by atoms with van der Waals surface area (Å²) in [6.07, 6.45) is 1.69. The zero-order valence-electron chi connectivity index (χ0n) is 6.88. The van der Waals surface area contributed by atoms with E-state index in [-0.39, 0.29) is 6.42 Å². The van der Waals surface area contributed by atoms with Crippen LogP contribution in [0.15, 0.2) is 12.7 Å². The van der Waals surface area contributed by atoms with Crippen LogP contribution in [0.25, 0.3) is 0 Å². The largest absolute Gasteiger partial charge is 0.481 e. The van der Waals surface area contributed by atoms with Gasteiger partial charge in [-0.05, 0) is 0 Å². The highest BCUT2D eigenvalue weighted by molar-refractivity contribution is 5.68. The van der Waals surface area contributed by atoms with E-state index in [0.29, 0.717) is 19.7 Å². The van der Waals surface area contributed by atoms with E-state index in [9.17, 15) is 4.79 Å². The predicted molar refractivity (Wildman–Crippen MR) is 44.0 cm³/mol. The molecule has 1 aliphatic heterocycles. The van der Waals surface area contributed by atoms with Crippen molar-refractivity contribution in [2.45, 2.75) is 12.0 Å². The molecule has 0 amide bonds. The molecule has 1 rings (SSSR count). The van der Waals surface area contributed by atoms with Crippen LogP contribution < -0.4 is 5.32 Å². The number of rotatable bonds is 5. The Labute approximate surface area is 71.2 Å². The van der Waals surface area contributed by atoms with Crippen LogP contribution in [-0.2, 0) is 9.53 Å². The molecule has 1 saturated heterocycles. The number of carboxylic acid groups (broad SMARTS) is 1. The highest BCUT2D eigenvalue weighted by atomic mass is 16.5. The monoisotopic (exact) mass is 171 g/mol. The van der Waals surface area contributed by atoms with Gasteiger partial charge in [0.15, 0.2) is 0 Å². The second kappa shape index (κ2) is 3.69. The smallest absolute Gasteiger partial charge is 0.306 e. The van der Waals surface area contributed by atoms with Crippen molar-refractivity contribution in [1.29, 1.82) is 0 Å². The lowest BCUT2D eigenvalue weighted by Crippen LogP contribution is -2.62. The normalized spacial score (nSPS) is 19.7. The molecule has 0 aliphatic carbocycles. The zero-order chi connectivity index (χ0) is 9.03. The maximum atomic E-state index is 10.4. The topological polar surface area (TPSA) is 58.6 Å². The third-order valence-electron chi connectivity index (χ3n) is 1.88. The quantitative estimate of drug-likeness (QED) is 0.572. The standard InChI is InChI=1S/C8H13NO3/c1-2-3-12-8(4-7(10)11)5-9-6-8/h2,9H,1,3-6H2,(H,10,11). The summed E-state index contributed by atoms with van der Waals surface area (Å²) in [5.41, 5.74) is -0.486. The number of hydrogen-bond donors (Lipinski definition) is 2. The highest BCUT2D eigenvalue weighted by Gasteiger charge is 2.39. The van der Waals surface area contributed by atoms with Crippen molar-refractivity contribution in [2.75, 3.05) is 19.7 Å². The molecule has 0 spiro atoms. The summed E-state index contributed by atoms with van der Waals surface area (Å²) in [6, 6.07) is 0. The minimum atomic E-state index is -0.819. The molecule has 0 saturated carbocycles.